The Hall–Kier alpha value is -0.0957. The van der Waals surface area contributed by atoms with E-state index in [1.54, 1.807) is 0 Å². The van der Waals surface area contributed by atoms with Crippen LogP contribution in [0.5, 0.6) is 0 Å². The van der Waals surface area contributed by atoms with Crippen LogP contribution in [-0.2, 0) is 21.7 Å². The van der Waals surface area contributed by atoms with Crippen molar-refractivity contribution < 1.29 is 21.7 Å². The minimum Gasteiger partial charge on any atom is -0.272 e. The van der Waals surface area contributed by atoms with Gasteiger partial charge in [0.1, 0.15) is 0 Å². The Balaban J connectivity index is 0. The molecule has 0 atom stereocenters. The third-order valence-electron chi connectivity index (χ3n) is 5.42. The second-order valence-electron chi connectivity index (χ2n) is 12.6. The van der Waals surface area contributed by atoms with Gasteiger partial charge in [-0.05, 0) is 81.0 Å². The minimum absolute atomic E-state index is 0. The molecule has 1 nitrogen and oxygen atoms in total. The molecule has 0 spiro atoms. The van der Waals surface area contributed by atoms with Crippen molar-refractivity contribution in [2.45, 2.75) is 102 Å². The summed E-state index contributed by atoms with van der Waals surface area (Å²) in [4.78, 5) is 0. The Morgan fingerprint density at radius 3 is 1.38 bits per heavy atom. The maximum Gasteiger partial charge on any atom is 0.0425 e. The maximum absolute atomic E-state index is 5.53. The molecule has 0 radical (unpaired) electrons. The molecule has 0 amide bonds. The molecule has 0 aliphatic heterocycles. The van der Waals surface area contributed by atoms with E-state index < -0.39 is 7.05 Å². The summed E-state index contributed by atoms with van der Waals surface area (Å²) in [6.07, 6.45) is 23.6. The first-order valence-corrected chi connectivity index (χ1v) is 14.6. The Morgan fingerprint density at radius 1 is 0.750 bits per heavy atom. The van der Waals surface area contributed by atoms with Crippen LogP contribution in [0.3, 0.4) is 0 Å². The molecule has 32 heavy (non-hydrogen) atoms. The van der Waals surface area contributed by atoms with Gasteiger partial charge in [-0.15, -0.1) is 0 Å². The van der Waals surface area contributed by atoms with E-state index >= 15 is 0 Å². The zero-order chi connectivity index (χ0) is 24.2. The van der Waals surface area contributed by atoms with Gasteiger partial charge in [-0.3, -0.25) is 4.74 Å². The average molecular weight is 496 g/mol. The number of hydrogen-bond acceptors (Lipinski definition) is 1. The molecule has 1 aliphatic carbocycles. The Morgan fingerprint density at radius 2 is 1.12 bits per heavy atom. The van der Waals surface area contributed by atoms with Gasteiger partial charge in [-0.25, -0.2) is 0 Å². The molecule has 0 unspecified atom stereocenters. The summed E-state index contributed by atoms with van der Waals surface area (Å²) in [5.41, 5.74) is 2.52. The molecule has 0 bridgehead atoms. The van der Waals surface area contributed by atoms with Crippen molar-refractivity contribution in [1.29, 1.82) is 0 Å². The van der Waals surface area contributed by atoms with Crippen LogP contribution in [0, 0.1) is 16.2 Å². The van der Waals surface area contributed by atoms with Gasteiger partial charge >= 0.3 is 0 Å². The molecule has 0 aromatic rings. The third kappa shape index (κ3) is 19.4. The first kappa shape index (κ1) is 34.1. The fourth-order valence-electron chi connectivity index (χ4n) is 3.12. The second-order valence-corrected chi connectivity index (χ2v) is 16.4. The Bertz CT molecular complexity index is 611. The number of hydrogen-bond donors (Lipinski definition) is 0. The molecule has 1 rings (SSSR count). The van der Waals surface area contributed by atoms with E-state index in [1.807, 2.05) is 38.2 Å². The summed E-state index contributed by atoms with van der Waals surface area (Å²) >= 11 is 0. The van der Waals surface area contributed by atoms with E-state index in [9.17, 15) is 0 Å². The van der Waals surface area contributed by atoms with Crippen molar-refractivity contribution in [3.8, 4) is 0 Å². The fraction of sp³-hybridized carbons (Fsp3) is 0.724. The minimum atomic E-state index is -1.32. The molecular weight excluding hydrogens is 441 g/mol. The molecule has 0 saturated heterocycles. The van der Waals surface area contributed by atoms with Gasteiger partial charge in [-0.1, -0.05) is 98.8 Å². The smallest absolute Gasteiger partial charge is 0.0425 e. The first-order valence-electron chi connectivity index (χ1n) is 12.3. The number of allylic oxidation sites excluding steroid dienone is 7. The summed E-state index contributed by atoms with van der Waals surface area (Å²) in [7, 11) is -1.32. The largest absolute Gasteiger partial charge is 0.272 e. The molecule has 0 saturated carbocycles. The van der Waals surface area contributed by atoms with Crippen molar-refractivity contribution in [2.75, 3.05) is 18.5 Å². The normalized spacial score (nSPS) is 14.9. The van der Waals surface area contributed by atoms with Gasteiger partial charge < -0.3 is 0 Å². The molecule has 0 aromatic heterocycles. The molecule has 0 aromatic carbocycles. The summed E-state index contributed by atoms with van der Waals surface area (Å²) in [6.45, 7) is 25.4. The van der Waals surface area contributed by atoms with Crippen LogP contribution in [-0.4, -0.2) is 18.5 Å². The van der Waals surface area contributed by atoms with Gasteiger partial charge in [0.25, 0.3) is 0 Å². The average Bonchev–Trinajstić information content (AvgIpc) is 3.12. The Kier molecular flexibility index (Phi) is 16.8. The van der Waals surface area contributed by atoms with Gasteiger partial charge in [0, 0.05) is 33.8 Å². The molecule has 0 fully saturated rings. The summed E-state index contributed by atoms with van der Waals surface area (Å²) in [5, 5.41) is 0. The van der Waals surface area contributed by atoms with Crippen LogP contribution in [0.1, 0.15) is 102 Å². The van der Waals surface area contributed by atoms with E-state index in [2.05, 4.69) is 80.5 Å². The SMILES string of the molecule is CC(C)(C)CCP(CCC(C)(C)C)(CCC(C)(C)C)=NC1=CC=CC1.CC=CC=CC.[Ti]. The molecule has 3 heteroatoms. The van der Waals surface area contributed by atoms with Crippen molar-refractivity contribution in [3.05, 3.63) is 48.2 Å². The van der Waals surface area contributed by atoms with E-state index in [-0.39, 0.29) is 21.7 Å². The van der Waals surface area contributed by atoms with E-state index in [0.717, 1.165) is 6.42 Å². The fourth-order valence-corrected chi connectivity index (χ4v) is 8.05. The van der Waals surface area contributed by atoms with Crippen LogP contribution >= 0.6 is 7.05 Å². The van der Waals surface area contributed by atoms with E-state index in [0.29, 0.717) is 16.2 Å². The van der Waals surface area contributed by atoms with Crippen molar-refractivity contribution in [3.63, 3.8) is 0 Å². The zero-order valence-electron chi connectivity index (χ0n) is 23.4. The summed E-state index contributed by atoms with van der Waals surface area (Å²) in [5.74, 6) is 0. The maximum atomic E-state index is 5.53. The molecule has 184 valence electrons. The topological polar surface area (TPSA) is 12.4 Å². The van der Waals surface area contributed by atoms with E-state index in [1.165, 1.54) is 43.4 Å². The summed E-state index contributed by atoms with van der Waals surface area (Å²) < 4.78 is 5.53. The van der Waals surface area contributed by atoms with Gasteiger partial charge in [-0.2, -0.15) is 0 Å². The van der Waals surface area contributed by atoms with Gasteiger partial charge in [0.2, 0.25) is 0 Å². The second kappa shape index (κ2) is 15.7. The number of rotatable bonds is 8. The van der Waals surface area contributed by atoms with Crippen LogP contribution in [0.2, 0.25) is 0 Å². The van der Waals surface area contributed by atoms with E-state index in [4.69, 9.17) is 4.74 Å². The number of nitrogens with zero attached hydrogens (tertiary/aromatic N) is 1. The van der Waals surface area contributed by atoms with Crippen LogP contribution in [0.15, 0.2) is 53.0 Å². The van der Waals surface area contributed by atoms with Crippen LogP contribution < -0.4 is 0 Å². The zero-order valence-corrected chi connectivity index (χ0v) is 25.8. The third-order valence-corrected chi connectivity index (χ3v) is 9.27. The van der Waals surface area contributed by atoms with Crippen molar-refractivity contribution >= 4 is 7.05 Å². The summed E-state index contributed by atoms with van der Waals surface area (Å²) in [6, 6.07) is 0. The van der Waals surface area contributed by atoms with Gasteiger partial charge in [0.15, 0.2) is 0 Å². The predicted octanol–water partition coefficient (Wildman–Crippen LogP) is 10.5. The first-order chi connectivity index (χ1) is 14.1. The van der Waals surface area contributed by atoms with Crippen LogP contribution in [0.4, 0.5) is 0 Å². The van der Waals surface area contributed by atoms with Gasteiger partial charge in [0.05, 0.1) is 0 Å². The molecule has 1 aliphatic rings. The molecular formula is C29H54NPTi. The molecule has 0 heterocycles. The quantitative estimate of drug-likeness (QED) is 0.180. The van der Waals surface area contributed by atoms with Crippen molar-refractivity contribution in [2.24, 2.45) is 21.0 Å². The predicted molar refractivity (Wildman–Crippen MR) is 148 cm³/mol. The Labute approximate surface area is 217 Å². The molecule has 0 N–H and O–H groups in total. The monoisotopic (exact) mass is 495 g/mol. The van der Waals surface area contributed by atoms with Crippen LogP contribution in [0.25, 0.3) is 0 Å². The standard InChI is InChI=1S/C23H44NP.C6H10.Ti/c1-21(2,3)14-17-25(18-15-22(4,5)6,19-16-23(7,8)9)24-20-12-10-11-13-20;1-3-5-6-4-2;/h10-12H,13-19H2,1-9H3;3-6H,1-2H3;. The van der Waals surface area contributed by atoms with Crippen molar-refractivity contribution in [1.82, 2.24) is 0 Å².